The average molecular weight is 171 g/mol. The molecule has 1 rings (SSSR count). The van der Waals surface area contributed by atoms with Gasteiger partial charge in [-0.1, -0.05) is 13.3 Å². The highest BCUT2D eigenvalue weighted by Gasteiger charge is 2.50. The van der Waals surface area contributed by atoms with Gasteiger partial charge in [0.15, 0.2) is 0 Å². The Kier molecular flexibility index (Phi) is 2.73. The summed E-state index contributed by atoms with van der Waals surface area (Å²) in [5, 5.41) is 0. The first kappa shape index (κ1) is 9.52. The zero-order valence-electron chi connectivity index (χ0n) is 7.80. The number of hydrogen-bond donors (Lipinski definition) is 1. The third-order valence-corrected chi connectivity index (χ3v) is 2.75. The summed E-state index contributed by atoms with van der Waals surface area (Å²) in [4.78, 5) is 11.1. The predicted octanol–water partition coefficient (Wildman–Crippen LogP) is 1.07. The SMILES string of the molecule is CCCC1(C(N)C(=O)OC)CC1. The highest BCUT2D eigenvalue weighted by Crippen LogP contribution is 2.51. The molecule has 1 atom stereocenters. The average Bonchev–Trinajstić information content (AvgIpc) is 2.84. The molecule has 1 unspecified atom stereocenters. The zero-order chi connectivity index (χ0) is 9.19. The molecule has 0 radical (unpaired) electrons. The number of rotatable bonds is 4. The molecule has 0 heterocycles. The normalized spacial score (nSPS) is 21.6. The molecule has 1 saturated carbocycles. The van der Waals surface area contributed by atoms with E-state index < -0.39 is 6.04 Å². The third-order valence-electron chi connectivity index (χ3n) is 2.75. The zero-order valence-corrected chi connectivity index (χ0v) is 7.80. The van der Waals surface area contributed by atoms with Crippen molar-refractivity contribution in [2.75, 3.05) is 7.11 Å². The van der Waals surface area contributed by atoms with E-state index in [4.69, 9.17) is 5.73 Å². The Morgan fingerprint density at radius 3 is 2.58 bits per heavy atom. The third kappa shape index (κ3) is 1.61. The molecular weight excluding hydrogens is 154 g/mol. The molecule has 0 bridgehead atoms. The van der Waals surface area contributed by atoms with Crippen molar-refractivity contribution < 1.29 is 9.53 Å². The molecule has 1 fully saturated rings. The lowest BCUT2D eigenvalue weighted by molar-refractivity contribution is -0.144. The number of methoxy groups -OCH3 is 1. The molecule has 0 aromatic heterocycles. The Bertz CT molecular complexity index is 175. The standard InChI is InChI=1S/C9H17NO2/c1-3-4-9(5-6-9)7(10)8(11)12-2/h7H,3-6,10H2,1-2H3. The van der Waals surface area contributed by atoms with Gasteiger partial charge in [-0.25, -0.2) is 0 Å². The number of esters is 1. The molecule has 2 N–H and O–H groups in total. The van der Waals surface area contributed by atoms with Gasteiger partial charge in [0.25, 0.3) is 0 Å². The highest BCUT2D eigenvalue weighted by molar-refractivity contribution is 5.77. The first-order valence-electron chi connectivity index (χ1n) is 4.49. The Balaban J connectivity index is 2.50. The van der Waals surface area contributed by atoms with Crippen LogP contribution in [0.1, 0.15) is 32.6 Å². The van der Waals surface area contributed by atoms with Crippen LogP contribution in [-0.2, 0) is 9.53 Å². The summed E-state index contributed by atoms with van der Waals surface area (Å²) < 4.78 is 4.62. The smallest absolute Gasteiger partial charge is 0.323 e. The van der Waals surface area contributed by atoms with Crippen LogP contribution in [-0.4, -0.2) is 19.1 Å². The van der Waals surface area contributed by atoms with Crippen molar-refractivity contribution >= 4 is 5.97 Å². The lowest BCUT2D eigenvalue weighted by Gasteiger charge is -2.19. The van der Waals surface area contributed by atoms with Crippen molar-refractivity contribution in [2.45, 2.75) is 38.6 Å². The molecule has 12 heavy (non-hydrogen) atoms. The molecule has 0 aromatic rings. The van der Waals surface area contributed by atoms with Gasteiger partial charge in [0.05, 0.1) is 7.11 Å². The Hall–Kier alpha value is -0.570. The maximum atomic E-state index is 11.1. The topological polar surface area (TPSA) is 52.3 Å². The largest absolute Gasteiger partial charge is 0.468 e. The molecule has 0 spiro atoms. The van der Waals surface area contributed by atoms with Gasteiger partial charge in [-0.2, -0.15) is 0 Å². The fourth-order valence-corrected chi connectivity index (χ4v) is 1.75. The van der Waals surface area contributed by atoms with Crippen molar-refractivity contribution in [1.82, 2.24) is 0 Å². The van der Waals surface area contributed by atoms with Gasteiger partial charge in [-0.05, 0) is 24.7 Å². The summed E-state index contributed by atoms with van der Waals surface area (Å²) in [7, 11) is 1.39. The first-order valence-corrected chi connectivity index (χ1v) is 4.49. The van der Waals surface area contributed by atoms with Gasteiger partial charge in [-0.15, -0.1) is 0 Å². The van der Waals surface area contributed by atoms with Crippen LogP contribution in [0.4, 0.5) is 0 Å². The van der Waals surface area contributed by atoms with Gasteiger partial charge >= 0.3 is 5.97 Å². The van der Waals surface area contributed by atoms with Crippen molar-refractivity contribution in [1.29, 1.82) is 0 Å². The molecule has 3 nitrogen and oxygen atoms in total. The van der Waals surface area contributed by atoms with E-state index in [9.17, 15) is 4.79 Å². The molecule has 0 amide bonds. The fraction of sp³-hybridized carbons (Fsp3) is 0.889. The van der Waals surface area contributed by atoms with Crippen LogP contribution in [0.2, 0.25) is 0 Å². The van der Waals surface area contributed by atoms with E-state index in [2.05, 4.69) is 11.7 Å². The van der Waals surface area contributed by atoms with Crippen LogP contribution in [0, 0.1) is 5.41 Å². The van der Waals surface area contributed by atoms with Crippen LogP contribution < -0.4 is 5.73 Å². The van der Waals surface area contributed by atoms with Crippen LogP contribution in [0.25, 0.3) is 0 Å². The van der Waals surface area contributed by atoms with E-state index in [1.807, 2.05) is 0 Å². The maximum absolute atomic E-state index is 11.1. The number of hydrogen-bond acceptors (Lipinski definition) is 3. The van der Waals surface area contributed by atoms with Gasteiger partial charge in [0, 0.05) is 0 Å². The van der Waals surface area contributed by atoms with E-state index in [0.29, 0.717) is 0 Å². The summed E-state index contributed by atoms with van der Waals surface area (Å²) in [6.07, 6.45) is 4.29. The number of carbonyl (C=O) groups is 1. The van der Waals surface area contributed by atoms with Gasteiger partial charge in [0.1, 0.15) is 6.04 Å². The Morgan fingerprint density at radius 2 is 2.25 bits per heavy atom. The highest BCUT2D eigenvalue weighted by atomic mass is 16.5. The monoisotopic (exact) mass is 171 g/mol. The second-order valence-electron chi connectivity index (χ2n) is 3.61. The van der Waals surface area contributed by atoms with Crippen molar-refractivity contribution in [2.24, 2.45) is 11.1 Å². The minimum absolute atomic E-state index is 0.0852. The van der Waals surface area contributed by atoms with Crippen molar-refractivity contribution in [3.8, 4) is 0 Å². The number of carbonyl (C=O) groups excluding carboxylic acids is 1. The minimum Gasteiger partial charge on any atom is -0.468 e. The van der Waals surface area contributed by atoms with Gasteiger partial charge < -0.3 is 10.5 Å². The second-order valence-corrected chi connectivity index (χ2v) is 3.61. The van der Waals surface area contributed by atoms with E-state index in [-0.39, 0.29) is 11.4 Å². The molecule has 0 saturated heterocycles. The van der Waals surface area contributed by atoms with Crippen LogP contribution >= 0.6 is 0 Å². The molecule has 1 aliphatic carbocycles. The number of ether oxygens (including phenoxy) is 1. The van der Waals surface area contributed by atoms with Crippen LogP contribution in [0.15, 0.2) is 0 Å². The molecular formula is C9H17NO2. The molecule has 3 heteroatoms. The Labute approximate surface area is 73.3 Å². The lowest BCUT2D eigenvalue weighted by Crippen LogP contribution is -2.40. The maximum Gasteiger partial charge on any atom is 0.323 e. The number of nitrogens with two attached hydrogens (primary N) is 1. The summed E-state index contributed by atoms with van der Waals surface area (Å²) in [6, 6.07) is -0.401. The summed E-state index contributed by atoms with van der Waals surface area (Å²) >= 11 is 0. The van der Waals surface area contributed by atoms with Gasteiger partial charge in [0.2, 0.25) is 0 Å². The molecule has 0 aliphatic heterocycles. The first-order chi connectivity index (χ1) is 5.66. The summed E-state index contributed by atoms with van der Waals surface area (Å²) in [5.74, 6) is -0.263. The molecule has 1 aliphatic rings. The van der Waals surface area contributed by atoms with Crippen LogP contribution in [0.3, 0.4) is 0 Å². The molecule has 0 aromatic carbocycles. The van der Waals surface area contributed by atoms with E-state index >= 15 is 0 Å². The van der Waals surface area contributed by atoms with Gasteiger partial charge in [-0.3, -0.25) is 4.79 Å². The quantitative estimate of drug-likeness (QED) is 0.644. The minimum atomic E-state index is -0.401. The summed E-state index contributed by atoms with van der Waals surface area (Å²) in [5.41, 5.74) is 5.86. The predicted molar refractivity (Wildman–Crippen MR) is 46.6 cm³/mol. The van der Waals surface area contributed by atoms with Crippen molar-refractivity contribution in [3.63, 3.8) is 0 Å². The van der Waals surface area contributed by atoms with E-state index in [1.165, 1.54) is 7.11 Å². The summed E-state index contributed by atoms with van der Waals surface area (Å²) in [6.45, 7) is 2.12. The Morgan fingerprint density at radius 1 is 1.67 bits per heavy atom. The van der Waals surface area contributed by atoms with Crippen LogP contribution in [0.5, 0.6) is 0 Å². The fourth-order valence-electron chi connectivity index (χ4n) is 1.75. The van der Waals surface area contributed by atoms with Crippen molar-refractivity contribution in [3.05, 3.63) is 0 Å². The van der Waals surface area contributed by atoms with E-state index in [0.717, 1.165) is 25.7 Å². The lowest BCUT2D eigenvalue weighted by atomic mass is 9.92. The molecule has 70 valence electrons. The van der Waals surface area contributed by atoms with E-state index in [1.54, 1.807) is 0 Å². The second kappa shape index (κ2) is 3.44.